The van der Waals surface area contributed by atoms with E-state index >= 15 is 0 Å². The lowest BCUT2D eigenvalue weighted by Crippen LogP contribution is -2.41. The Morgan fingerprint density at radius 1 is 1.17 bits per heavy atom. The summed E-state index contributed by atoms with van der Waals surface area (Å²) in [6.07, 6.45) is 0. The lowest BCUT2D eigenvalue weighted by molar-refractivity contribution is 0.00578. The van der Waals surface area contributed by atoms with Crippen molar-refractivity contribution in [2.75, 3.05) is 21.2 Å². The summed E-state index contributed by atoms with van der Waals surface area (Å²) >= 11 is 0. The smallest absolute Gasteiger partial charge is 0.495 e. The normalized spacial score (nSPS) is 18.9. The van der Waals surface area contributed by atoms with Gasteiger partial charge in [0.15, 0.2) is 0 Å². The fourth-order valence-electron chi connectivity index (χ4n) is 2.31. The summed E-state index contributed by atoms with van der Waals surface area (Å²) in [4.78, 5) is 13.4. The van der Waals surface area contributed by atoms with E-state index in [2.05, 4.69) is 0 Å². The molecule has 1 heterocycles. The monoisotopic (exact) mass is 323 g/mol. The largest absolute Gasteiger partial charge is 0.496 e. The first kappa shape index (κ1) is 17.8. The van der Waals surface area contributed by atoms with E-state index in [0.717, 1.165) is 0 Å². The number of hydrogen-bond donors (Lipinski definition) is 0. The highest BCUT2D eigenvalue weighted by Gasteiger charge is 2.52. The number of ether oxygens (including phenoxy) is 1. The highest BCUT2D eigenvalue weighted by molar-refractivity contribution is 6.62. The van der Waals surface area contributed by atoms with Gasteiger partial charge in [-0.2, -0.15) is 0 Å². The maximum atomic E-state index is 14.5. The third kappa shape index (κ3) is 3.08. The number of nitrogens with zero attached hydrogens (tertiary/aromatic N) is 1. The zero-order valence-corrected chi connectivity index (χ0v) is 14.7. The molecule has 7 heteroatoms. The molecule has 0 bridgehead atoms. The molecule has 0 aromatic heterocycles. The Balaban J connectivity index is 2.44. The molecule has 1 amide bonds. The molecule has 0 spiro atoms. The van der Waals surface area contributed by atoms with E-state index in [1.807, 2.05) is 27.7 Å². The average Bonchev–Trinajstić information content (AvgIpc) is 2.65. The van der Waals surface area contributed by atoms with Crippen LogP contribution in [0, 0.1) is 5.82 Å². The van der Waals surface area contributed by atoms with Gasteiger partial charge in [-0.25, -0.2) is 4.39 Å². The van der Waals surface area contributed by atoms with Crippen molar-refractivity contribution in [3.05, 3.63) is 23.5 Å². The minimum atomic E-state index is -0.716. The number of methoxy groups -OCH3 is 1. The molecule has 0 saturated carbocycles. The van der Waals surface area contributed by atoms with Gasteiger partial charge < -0.3 is 18.9 Å². The number of carbonyl (C=O) groups excluding carboxylic acids is 1. The van der Waals surface area contributed by atoms with Crippen LogP contribution in [0.3, 0.4) is 0 Å². The molecule has 0 radical (unpaired) electrons. The van der Waals surface area contributed by atoms with Gasteiger partial charge in [0, 0.05) is 14.1 Å². The molecule has 1 aliphatic rings. The minimum Gasteiger partial charge on any atom is -0.496 e. The van der Waals surface area contributed by atoms with Crippen molar-refractivity contribution >= 4 is 18.5 Å². The van der Waals surface area contributed by atoms with E-state index in [1.54, 1.807) is 20.2 Å². The van der Waals surface area contributed by atoms with Crippen LogP contribution in [0.4, 0.5) is 4.39 Å². The summed E-state index contributed by atoms with van der Waals surface area (Å²) in [7, 11) is 3.80. The molecular formula is C16H23BFNO4. The molecule has 126 valence electrons. The first-order chi connectivity index (χ1) is 10.5. The van der Waals surface area contributed by atoms with Gasteiger partial charge >= 0.3 is 7.12 Å². The van der Waals surface area contributed by atoms with Gasteiger partial charge in [0.1, 0.15) is 17.1 Å². The topological polar surface area (TPSA) is 48.0 Å². The van der Waals surface area contributed by atoms with Crippen molar-refractivity contribution < 1.29 is 23.2 Å². The molecular weight excluding hydrogens is 300 g/mol. The van der Waals surface area contributed by atoms with E-state index in [4.69, 9.17) is 14.0 Å². The molecule has 1 fully saturated rings. The van der Waals surface area contributed by atoms with Gasteiger partial charge in [-0.3, -0.25) is 4.79 Å². The Morgan fingerprint density at radius 3 is 2.13 bits per heavy atom. The molecule has 1 aromatic carbocycles. The zero-order chi connectivity index (χ0) is 17.6. The summed E-state index contributed by atoms with van der Waals surface area (Å²) < 4.78 is 31.5. The third-order valence-corrected chi connectivity index (χ3v) is 4.44. The van der Waals surface area contributed by atoms with Crippen LogP contribution in [-0.4, -0.2) is 50.3 Å². The number of halogens is 1. The van der Waals surface area contributed by atoms with Gasteiger partial charge in [-0.15, -0.1) is 0 Å². The second-order valence-corrected chi connectivity index (χ2v) is 6.87. The van der Waals surface area contributed by atoms with Crippen LogP contribution >= 0.6 is 0 Å². The number of benzene rings is 1. The predicted molar refractivity (Wildman–Crippen MR) is 86.7 cm³/mol. The highest BCUT2D eigenvalue weighted by atomic mass is 19.1. The van der Waals surface area contributed by atoms with Crippen LogP contribution in [0.5, 0.6) is 5.75 Å². The van der Waals surface area contributed by atoms with Gasteiger partial charge in [0.05, 0.1) is 18.3 Å². The molecule has 1 saturated heterocycles. The van der Waals surface area contributed by atoms with Crippen LogP contribution in [-0.2, 0) is 9.31 Å². The zero-order valence-electron chi connectivity index (χ0n) is 14.7. The van der Waals surface area contributed by atoms with Gasteiger partial charge in [-0.1, -0.05) is 0 Å². The quantitative estimate of drug-likeness (QED) is 0.797. The molecule has 5 nitrogen and oxygen atoms in total. The standard InChI is InChI=1S/C16H23BFNO4/c1-15(2)16(3,4)23-17(22-15)10-8-11(18)13(12(9-10)21-7)14(20)19(5)6/h8-9H,1-7H3. The predicted octanol–water partition coefficient (Wildman–Crippen LogP) is 1.84. The van der Waals surface area contributed by atoms with Crippen molar-refractivity contribution in [2.45, 2.75) is 38.9 Å². The minimum absolute atomic E-state index is 0.0993. The van der Waals surface area contributed by atoms with Crippen LogP contribution in [0.2, 0.25) is 0 Å². The third-order valence-electron chi connectivity index (χ3n) is 4.44. The number of amides is 1. The lowest BCUT2D eigenvalue weighted by atomic mass is 9.78. The van der Waals surface area contributed by atoms with Crippen LogP contribution < -0.4 is 10.2 Å². The summed E-state index contributed by atoms with van der Waals surface area (Å²) in [6, 6.07) is 2.85. The molecule has 23 heavy (non-hydrogen) atoms. The Morgan fingerprint density at radius 2 is 1.70 bits per heavy atom. The van der Waals surface area contributed by atoms with Crippen molar-refractivity contribution in [2.24, 2.45) is 0 Å². The Labute approximate surface area is 136 Å². The highest BCUT2D eigenvalue weighted by Crippen LogP contribution is 2.37. The molecule has 0 aliphatic carbocycles. The maximum absolute atomic E-state index is 14.5. The first-order valence-electron chi connectivity index (χ1n) is 7.45. The Kier molecular flexibility index (Phi) is 4.48. The summed E-state index contributed by atoms with van der Waals surface area (Å²) in [5.41, 5.74) is -0.676. The van der Waals surface area contributed by atoms with Crippen LogP contribution in [0.1, 0.15) is 38.1 Å². The second-order valence-electron chi connectivity index (χ2n) is 6.87. The van der Waals surface area contributed by atoms with Crippen molar-refractivity contribution in [3.8, 4) is 5.75 Å². The summed E-state index contributed by atoms with van der Waals surface area (Å²) in [5.74, 6) is -0.957. The summed E-state index contributed by atoms with van der Waals surface area (Å²) in [6.45, 7) is 7.68. The van der Waals surface area contributed by atoms with E-state index in [1.165, 1.54) is 18.1 Å². The van der Waals surface area contributed by atoms with Crippen LogP contribution in [0.15, 0.2) is 12.1 Å². The van der Waals surface area contributed by atoms with E-state index in [9.17, 15) is 9.18 Å². The van der Waals surface area contributed by atoms with Crippen molar-refractivity contribution in [3.63, 3.8) is 0 Å². The SMILES string of the molecule is COc1cc(B2OC(C)(C)C(C)(C)O2)cc(F)c1C(=O)N(C)C. The van der Waals surface area contributed by atoms with Gasteiger partial charge in [0.25, 0.3) is 5.91 Å². The fraction of sp³-hybridized carbons (Fsp3) is 0.562. The molecule has 0 N–H and O–H groups in total. The van der Waals surface area contributed by atoms with E-state index < -0.39 is 30.0 Å². The van der Waals surface area contributed by atoms with Crippen LogP contribution in [0.25, 0.3) is 0 Å². The van der Waals surface area contributed by atoms with Crippen molar-refractivity contribution in [1.29, 1.82) is 0 Å². The summed E-state index contributed by atoms with van der Waals surface area (Å²) in [5, 5.41) is 0. The Bertz CT molecular complexity index is 615. The molecule has 0 atom stereocenters. The Hall–Kier alpha value is -1.60. The number of rotatable bonds is 3. The lowest BCUT2D eigenvalue weighted by Gasteiger charge is -2.32. The van der Waals surface area contributed by atoms with Gasteiger partial charge in [-0.05, 0) is 45.3 Å². The van der Waals surface area contributed by atoms with Crippen molar-refractivity contribution in [1.82, 2.24) is 4.90 Å². The molecule has 1 aromatic rings. The average molecular weight is 323 g/mol. The fourth-order valence-corrected chi connectivity index (χ4v) is 2.31. The van der Waals surface area contributed by atoms with E-state index in [-0.39, 0.29) is 11.3 Å². The van der Waals surface area contributed by atoms with Gasteiger partial charge in [0.2, 0.25) is 0 Å². The number of carbonyl (C=O) groups is 1. The molecule has 2 rings (SSSR count). The molecule has 0 unspecified atom stereocenters. The number of hydrogen-bond acceptors (Lipinski definition) is 4. The molecule has 1 aliphatic heterocycles. The maximum Gasteiger partial charge on any atom is 0.495 e. The first-order valence-corrected chi connectivity index (χ1v) is 7.45. The van der Waals surface area contributed by atoms with E-state index in [0.29, 0.717) is 5.46 Å². The second kappa shape index (κ2) is 5.80.